The second-order valence-electron chi connectivity index (χ2n) is 11.4. The van der Waals surface area contributed by atoms with Crippen LogP contribution in [-0.2, 0) is 11.0 Å². The fraction of sp³-hybridized carbons (Fsp3) is 0.500. The first-order valence-electron chi connectivity index (χ1n) is 12.8. The lowest BCUT2D eigenvalue weighted by molar-refractivity contribution is 0.0181. The molecule has 0 unspecified atom stereocenters. The van der Waals surface area contributed by atoms with Crippen molar-refractivity contribution in [3.8, 4) is 11.1 Å². The number of amides is 1. The Morgan fingerprint density at radius 2 is 1.97 bits per heavy atom. The Labute approximate surface area is 214 Å². The largest absolute Gasteiger partial charge is 0.465 e. The Kier molecular flexibility index (Phi) is 7.57. The number of halogens is 1. The van der Waals surface area contributed by atoms with Crippen LogP contribution >= 0.6 is 0 Å². The molecule has 0 bridgehead atoms. The van der Waals surface area contributed by atoms with Crippen molar-refractivity contribution in [1.82, 2.24) is 14.5 Å². The van der Waals surface area contributed by atoms with Gasteiger partial charge in [0.15, 0.2) is 8.32 Å². The van der Waals surface area contributed by atoms with Crippen LogP contribution < -0.4 is 0 Å². The van der Waals surface area contributed by atoms with Gasteiger partial charge < -0.3 is 19.0 Å². The average Bonchev–Trinajstić information content (AvgIpc) is 3.22. The first kappa shape index (κ1) is 26.4. The van der Waals surface area contributed by atoms with E-state index in [0.717, 1.165) is 54.4 Å². The summed E-state index contributed by atoms with van der Waals surface area (Å²) in [6.07, 6.45) is 4.15. The van der Waals surface area contributed by atoms with Gasteiger partial charge in [0.05, 0.1) is 29.5 Å². The monoisotopic (exact) mass is 511 g/mol. The number of imidazole rings is 1. The zero-order valence-electron chi connectivity index (χ0n) is 22.0. The number of piperidine rings is 1. The number of carboxylic acid groups (broad SMARTS) is 1. The van der Waals surface area contributed by atoms with Gasteiger partial charge in [-0.3, -0.25) is 0 Å². The van der Waals surface area contributed by atoms with Gasteiger partial charge in [0.2, 0.25) is 0 Å². The summed E-state index contributed by atoms with van der Waals surface area (Å²) in [5, 5.41) is 9.97. The topological polar surface area (TPSA) is 67.6 Å². The van der Waals surface area contributed by atoms with Crippen LogP contribution in [0.2, 0.25) is 18.1 Å². The Bertz CT molecular complexity index is 1220. The Balaban J connectivity index is 1.51. The second kappa shape index (κ2) is 10.3. The van der Waals surface area contributed by atoms with Crippen LogP contribution in [0.4, 0.5) is 9.18 Å². The predicted molar refractivity (Wildman–Crippen MR) is 144 cm³/mol. The van der Waals surface area contributed by atoms with Crippen molar-refractivity contribution in [1.29, 1.82) is 0 Å². The van der Waals surface area contributed by atoms with Gasteiger partial charge in [-0.15, -0.1) is 0 Å². The molecule has 2 aromatic carbocycles. The van der Waals surface area contributed by atoms with E-state index < -0.39 is 14.4 Å². The van der Waals surface area contributed by atoms with Crippen LogP contribution in [0.5, 0.6) is 0 Å². The number of carbonyl (C=O) groups is 1. The number of benzene rings is 2. The van der Waals surface area contributed by atoms with Crippen molar-refractivity contribution in [2.24, 2.45) is 0 Å². The van der Waals surface area contributed by atoms with Crippen molar-refractivity contribution in [3.63, 3.8) is 0 Å². The molecule has 0 spiro atoms. The van der Waals surface area contributed by atoms with Crippen molar-refractivity contribution in [2.45, 2.75) is 83.3 Å². The average molecular weight is 512 g/mol. The van der Waals surface area contributed by atoms with Gasteiger partial charge in [-0.2, -0.15) is 0 Å². The molecule has 1 aliphatic heterocycles. The van der Waals surface area contributed by atoms with Gasteiger partial charge in [-0.05, 0) is 67.6 Å². The SMILES string of the molecule is CC(C)(C)[Si](C)(C)O[C@H]1CCCN(C(=O)O)[C@@H]1CCCn1cnc2c(-c3cccc(F)c3)cccc21. The van der Waals surface area contributed by atoms with Crippen LogP contribution in [0, 0.1) is 5.82 Å². The van der Waals surface area contributed by atoms with Crippen LogP contribution in [0.25, 0.3) is 22.2 Å². The molecule has 1 aliphatic rings. The van der Waals surface area contributed by atoms with E-state index in [1.165, 1.54) is 12.1 Å². The van der Waals surface area contributed by atoms with Crippen molar-refractivity contribution in [3.05, 3.63) is 54.6 Å². The number of para-hydroxylation sites is 1. The number of aryl methyl sites for hydroxylation is 1. The highest BCUT2D eigenvalue weighted by molar-refractivity contribution is 6.74. The standard InChI is InChI=1S/C28H38FN3O3Si/c1-28(2,3)36(4,5)35-25-15-9-17-32(27(33)34)23(25)14-8-16-31-19-30-26-22(12-7-13-24(26)31)20-10-6-11-21(29)18-20/h6-7,10-13,18-19,23,25H,8-9,14-17H2,1-5H3,(H,33,34)/t23-,25+/m1/s1. The van der Waals surface area contributed by atoms with E-state index >= 15 is 0 Å². The summed E-state index contributed by atoms with van der Waals surface area (Å²) in [4.78, 5) is 18.3. The van der Waals surface area contributed by atoms with Gasteiger partial charge in [0.1, 0.15) is 5.82 Å². The molecule has 0 aliphatic carbocycles. The third-order valence-corrected chi connectivity index (χ3v) is 12.4. The molecule has 4 rings (SSSR count). The fourth-order valence-corrected chi connectivity index (χ4v) is 6.31. The minimum Gasteiger partial charge on any atom is -0.465 e. The first-order chi connectivity index (χ1) is 17.0. The zero-order chi connectivity index (χ0) is 26.1. The number of hydrogen-bond donors (Lipinski definition) is 1. The van der Waals surface area contributed by atoms with E-state index in [4.69, 9.17) is 4.43 Å². The summed E-state index contributed by atoms with van der Waals surface area (Å²) in [6, 6.07) is 12.4. The molecular formula is C28H38FN3O3Si. The van der Waals surface area contributed by atoms with E-state index in [1.54, 1.807) is 11.0 Å². The summed E-state index contributed by atoms with van der Waals surface area (Å²) < 4.78 is 22.7. The maximum absolute atomic E-state index is 13.8. The van der Waals surface area contributed by atoms with Crippen LogP contribution in [-0.4, -0.2) is 52.7 Å². The Morgan fingerprint density at radius 1 is 1.22 bits per heavy atom. The van der Waals surface area contributed by atoms with Gasteiger partial charge >= 0.3 is 6.09 Å². The molecule has 1 amide bonds. The molecule has 1 N–H and O–H groups in total. The van der Waals surface area contributed by atoms with Gasteiger partial charge in [0.25, 0.3) is 0 Å². The molecule has 1 aromatic heterocycles. The Hall–Kier alpha value is -2.71. The van der Waals surface area contributed by atoms with Crippen molar-refractivity contribution >= 4 is 25.4 Å². The highest BCUT2D eigenvalue weighted by Crippen LogP contribution is 2.39. The number of fused-ring (bicyclic) bond motifs is 1. The van der Waals surface area contributed by atoms with E-state index in [1.807, 2.05) is 30.6 Å². The summed E-state index contributed by atoms with van der Waals surface area (Å²) >= 11 is 0. The quantitative estimate of drug-likeness (QED) is 0.342. The fourth-order valence-electron chi connectivity index (χ4n) is 4.92. The molecule has 6 nitrogen and oxygen atoms in total. The smallest absolute Gasteiger partial charge is 0.407 e. The molecule has 36 heavy (non-hydrogen) atoms. The Morgan fingerprint density at radius 3 is 2.67 bits per heavy atom. The van der Waals surface area contributed by atoms with Gasteiger partial charge in [0, 0.05) is 18.7 Å². The minimum absolute atomic E-state index is 0.0676. The third kappa shape index (κ3) is 5.49. The summed E-state index contributed by atoms with van der Waals surface area (Å²) in [7, 11) is -2.03. The summed E-state index contributed by atoms with van der Waals surface area (Å²) in [5.41, 5.74) is 3.53. The predicted octanol–water partition coefficient (Wildman–Crippen LogP) is 7.16. The maximum Gasteiger partial charge on any atom is 0.407 e. The lowest BCUT2D eigenvalue weighted by Gasteiger charge is -2.46. The van der Waals surface area contributed by atoms with Gasteiger partial charge in [-0.1, -0.05) is 45.0 Å². The first-order valence-corrected chi connectivity index (χ1v) is 15.8. The van der Waals surface area contributed by atoms with E-state index in [2.05, 4.69) is 43.4 Å². The number of nitrogens with zero attached hydrogens (tertiary/aromatic N) is 3. The lowest BCUT2D eigenvalue weighted by atomic mass is 9.95. The zero-order valence-corrected chi connectivity index (χ0v) is 23.0. The van der Waals surface area contributed by atoms with Crippen molar-refractivity contribution < 1.29 is 18.7 Å². The second-order valence-corrected chi connectivity index (χ2v) is 16.1. The molecule has 1 saturated heterocycles. The van der Waals surface area contributed by atoms with Crippen LogP contribution in [0.1, 0.15) is 46.5 Å². The molecule has 2 atom stereocenters. The van der Waals surface area contributed by atoms with E-state index in [-0.39, 0.29) is 23.0 Å². The molecule has 2 heterocycles. The number of aromatic nitrogens is 2. The lowest BCUT2D eigenvalue weighted by Crippen LogP contribution is -2.55. The molecule has 0 saturated carbocycles. The number of hydrogen-bond acceptors (Lipinski definition) is 3. The van der Waals surface area contributed by atoms with Crippen molar-refractivity contribution in [2.75, 3.05) is 6.54 Å². The highest BCUT2D eigenvalue weighted by atomic mass is 28.4. The van der Waals surface area contributed by atoms with Gasteiger partial charge in [-0.25, -0.2) is 14.2 Å². The normalized spacial score (nSPS) is 19.1. The summed E-state index contributed by atoms with van der Waals surface area (Å²) in [5.74, 6) is -0.270. The van der Waals surface area contributed by atoms with Crippen LogP contribution in [0.15, 0.2) is 48.8 Å². The van der Waals surface area contributed by atoms with E-state index in [0.29, 0.717) is 6.54 Å². The highest BCUT2D eigenvalue weighted by Gasteiger charge is 2.43. The maximum atomic E-state index is 13.8. The third-order valence-electron chi connectivity index (χ3n) is 7.90. The molecule has 0 radical (unpaired) electrons. The van der Waals surface area contributed by atoms with Crippen LogP contribution in [0.3, 0.4) is 0 Å². The molecule has 8 heteroatoms. The number of rotatable bonds is 7. The number of likely N-dealkylation sites (tertiary alicyclic amines) is 1. The summed E-state index contributed by atoms with van der Waals surface area (Å²) in [6.45, 7) is 12.4. The molecule has 3 aromatic rings. The molecule has 1 fully saturated rings. The molecule has 194 valence electrons. The van der Waals surface area contributed by atoms with E-state index in [9.17, 15) is 14.3 Å². The minimum atomic E-state index is -2.03. The molecular weight excluding hydrogens is 473 g/mol.